The molecule has 0 aliphatic heterocycles. The zero-order chi connectivity index (χ0) is 19.2. The smallest absolute Gasteiger partial charge is 0.387 e. The number of alkyl halides is 2. The van der Waals surface area contributed by atoms with E-state index in [-0.39, 0.29) is 5.75 Å². The van der Waals surface area contributed by atoms with Crippen molar-refractivity contribution in [3.63, 3.8) is 0 Å². The molecule has 0 saturated heterocycles. The molecule has 3 aromatic rings. The molecule has 0 spiro atoms. The van der Waals surface area contributed by atoms with E-state index < -0.39 is 6.61 Å². The van der Waals surface area contributed by atoms with Crippen LogP contribution in [0.3, 0.4) is 0 Å². The topological polar surface area (TPSA) is 39.9 Å². The molecule has 1 aromatic heterocycles. The van der Waals surface area contributed by atoms with Gasteiger partial charge in [0.1, 0.15) is 5.75 Å². The van der Waals surface area contributed by atoms with Crippen molar-refractivity contribution in [1.29, 1.82) is 0 Å². The van der Waals surface area contributed by atoms with Crippen LogP contribution in [-0.2, 0) is 12.3 Å². The fourth-order valence-corrected chi connectivity index (χ4v) is 3.63. The predicted octanol–water partition coefficient (Wildman–Crippen LogP) is 5.33. The monoisotopic (exact) mass is 387 g/mol. The Morgan fingerprint density at radius 1 is 1.15 bits per heavy atom. The summed E-state index contributed by atoms with van der Waals surface area (Å²) in [6.07, 6.45) is 1.78. The maximum absolute atomic E-state index is 12.3. The number of nitrogens with zero attached hydrogens (tertiary/aromatic N) is 3. The minimum absolute atomic E-state index is 0.109. The molecule has 0 atom stereocenters. The Balaban J connectivity index is 1.82. The summed E-state index contributed by atoms with van der Waals surface area (Å²) in [5.41, 5.74) is 3.24. The highest BCUT2D eigenvalue weighted by Gasteiger charge is 2.14. The minimum atomic E-state index is -2.84. The maximum Gasteiger partial charge on any atom is 0.387 e. The second kappa shape index (κ2) is 8.81. The van der Waals surface area contributed by atoms with E-state index in [1.54, 1.807) is 30.0 Å². The van der Waals surface area contributed by atoms with Gasteiger partial charge < -0.3 is 4.74 Å². The van der Waals surface area contributed by atoms with E-state index in [9.17, 15) is 8.78 Å². The lowest BCUT2D eigenvalue weighted by Crippen LogP contribution is -2.02. The van der Waals surface area contributed by atoms with Crippen molar-refractivity contribution in [2.75, 3.05) is 0 Å². The SMILES string of the molecule is C=CCn1c(SCc2ccccc2C)nnc1-c1ccc(OC(F)F)cc1. The Morgan fingerprint density at radius 2 is 1.89 bits per heavy atom. The molecule has 1 heterocycles. The van der Waals surface area contributed by atoms with Crippen LogP contribution in [0.1, 0.15) is 11.1 Å². The van der Waals surface area contributed by atoms with Crippen molar-refractivity contribution in [3.05, 3.63) is 72.3 Å². The van der Waals surface area contributed by atoms with Gasteiger partial charge >= 0.3 is 6.61 Å². The van der Waals surface area contributed by atoms with Gasteiger partial charge in [-0.3, -0.25) is 4.57 Å². The normalized spacial score (nSPS) is 11.0. The summed E-state index contributed by atoms with van der Waals surface area (Å²) in [6, 6.07) is 14.6. The molecule has 0 fully saturated rings. The molecule has 0 aliphatic rings. The lowest BCUT2D eigenvalue weighted by molar-refractivity contribution is -0.0498. The van der Waals surface area contributed by atoms with E-state index in [0.717, 1.165) is 16.5 Å². The van der Waals surface area contributed by atoms with E-state index in [2.05, 4.69) is 40.6 Å². The third kappa shape index (κ3) is 4.74. The lowest BCUT2D eigenvalue weighted by atomic mass is 10.1. The van der Waals surface area contributed by atoms with Crippen LogP contribution < -0.4 is 4.74 Å². The Bertz CT molecular complexity index is 910. The average molecular weight is 387 g/mol. The zero-order valence-corrected chi connectivity index (χ0v) is 15.6. The van der Waals surface area contributed by atoms with Gasteiger partial charge in [0.25, 0.3) is 0 Å². The molecule has 0 aliphatic carbocycles. The molecular formula is C20H19F2N3OS. The first kappa shape index (κ1) is 19.1. The molecule has 0 unspecified atom stereocenters. The van der Waals surface area contributed by atoms with Gasteiger partial charge in [-0.1, -0.05) is 42.1 Å². The fraction of sp³-hybridized carbons (Fsp3) is 0.200. The number of benzene rings is 2. The quantitative estimate of drug-likeness (QED) is 0.387. The van der Waals surface area contributed by atoms with E-state index >= 15 is 0 Å². The van der Waals surface area contributed by atoms with Gasteiger partial charge in [0, 0.05) is 17.9 Å². The first-order valence-corrected chi connectivity index (χ1v) is 9.33. The van der Waals surface area contributed by atoms with Crippen molar-refractivity contribution in [3.8, 4) is 17.1 Å². The summed E-state index contributed by atoms with van der Waals surface area (Å²) in [7, 11) is 0. The molecule has 7 heteroatoms. The standard InChI is InChI=1S/C20H19F2N3OS/c1-3-12-25-18(15-8-10-17(11-9-15)26-19(21)22)23-24-20(25)27-13-16-7-5-4-6-14(16)2/h3-11,19H,1,12-13H2,2H3. The van der Waals surface area contributed by atoms with Crippen molar-refractivity contribution >= 4 is 11.8 Å². The summed E-state index contributed by atoms with van der Waals surface area (Å²) in [5, 5.41) is 9.37. The largest absolute Gasteiger partial charge is 0.435 e. The predicted molar refractivity (Wildman–Crippen MR) is 103 cm³/mol. The van der Waals surface area contributed by atoms with Gasteiger partial charge in [-0.05, 0) is 42.3 Å². The Labute approximate surface area is 160 Å². The number of allylic oxidation sites excluding steroid dienone is 1. The highest BCUT2D eigenvalue weighted by molar-refractivity contribution is 7.98. The van der Waals surface area contributed by atoms with Crippen molar-refractivity contribution in [2.45, 2.75) is 31.0 Å². The van der Waals surface area contributed by atoms with Gasteiger partial charge in [0.05, 0.1) is 0 Å². The van der Waals surface area contributed by atoms with E-state index in [1.165, 1.54) is 23.3 Å². The van der Waals surface area contributed by atoms with Gasteiger partial charge in [0.2, 0.25) is 0 Å². The first-order valence-electron chi connectivity index (χ1n) is 8.35. The molecule has 27 heavy (non-hydrogen) atoms. The molecule has 0 radical (unpaired) electrons. The Morgan fingerprint density at radius 3 is 2.56 bits per heavy atom. The van der Waals surface area contributed by atoms with Gasteiger partial charge in [-0.25, -0.2) is 0 Å². The Hall–Kier alpha value is -2.67. The maximum atomic E-state index is 12.3. The third-order valence-corrected chi connectivity index (χ3v) is 5.00. The highest BCUT2D eigenvalue weighted by atomic mass is 32.2. The fourth-order valence-electron chi connectivity index (χ4n) is 2.60. The number of hydrogen-bond donors (Lipinski definition) is 0. The average Bonchev–Trinajstić information content (AvgIpc) is 3.04. The van der Waals surface area contributed by atoms with Crippen LogP contribution in [0.4, 0.5) is 8.78 Å². The molecule has 2 aromatic carbocycles. The van der Waals surface area contributed by atoms with Crippen molar-refractivity contribution in [1.82, 2.24) is 14.8 Å². The van der Waals surface area contributed by atoms with Crippen LogP contribution in [0, 0.1) is 6.92 Å². The molecule has 0 bridgehead atoms. The van der Waals surface area contributed by atoms with Crippen LogP contribution in [0.2, 0.25) is 0 Å². The molecule has 0 saturated carbocycles. The van der Waals surface area contributed by atoms with E-state index in [4.69, 9.17) is 0 Å². The molecule has 140 valence electrons. The van der Waals surface area contributed by atoms with Crippen LogP contribution in [0.5, 0.6) is 5.75 Å². The summed E-state index contributed by atoms with van der Waals surface area (Å²) >= 11 is 1.60. The number of rotatable bonds is 8. The first-order chi connectivity index (χ1) is 13.1. The van der Waals surface area contributed by atoms with Crippen LogP contribution in [-0.4, -0.2) is 21.4 Å². The van der Waals surface area contributed by atoms with Gasteiger partial charge in [0.15, 0.2) is 11.0 Å². The lowest BCUT2D eigenvalue weighted by Gasteiger charge is -2.09. The summed E-state index contributed by atoms with van der Waals surface area (Å²) < 4.78 is 31.0. The highest BCUT2D eigenvalue weighted by Crippen LogP contribution is 2.28. The number of aromatic nitrogens is 3. The molecule has 4 nitrogen and oxygen atoms in total. The number of halogens is 2. The van der Waals surface area contributed by atoms with Crippen molar-refractivity contribution in [2.24, 2.45) is 0 Å². The van der Waals surface area contributed by atoms with Gasteiger partial charge in [-0.2, -0.15) is 8.78 Å². The zero-order valence-electron chi connectivity index (χ0n) is 14.8. The minimum Gasteiger partial charge on any atom is -0.435 e. The molecule has 3 rings (SSSR count). The number of thioether (sulfide) groups is 1. The second-order valence-electron chi connectivity index (χ2n) is 5.82. The Kier molecular flexibility index (Phi) is 6.24. The van der Waals surface area contributed by atoms with Crippen LogP contribution in [0.25, 0.3) is 11.4 Å². The molecule has 0 N–H and O–H groups in total. The number of hydrogen-bond acceptors (Lipinski definition) is 4. The summed E-state index contributed by atoms with van der Waals surface area (Å²) in [4.78, 5) is 0. The van der Waals surface area contributed by atoms with Crippen molar-refractivity contribution < 1.29 is 13.5 Å². The van der Waals surface area contributed by atoms with Crippen LogP contribution in [0.15, 0.2) is 66.3 Å². The van der Waals surface area contributed by atoms with E-state index in [1.807, 2.05) is 16.7 Å². The summed E-state index contributed by atoms with van der Waals surface area (Å²) in [6.45, 7) is 3.59. The second-order valence-corrected chi connectivity index (χ2v) is 6.77. The number of ether oxygens (including phenoxy) is 1. The number of aryl methyl sites for hydroxylation is 1. The van der Waals surface area contributed by atoms with Gasteiger partial charge in [-0.15, -0.1) is 16.8 Å². The summed E-state index contributed by atoms with van der Waals surface area (Å²) in [5.74, 6) is 1.55. The molecule has 0 amide bonds. The molecular weight excluding hydrogens is 368 g/mol. The third-order valence-electron chi connectivity index (χ3n) is 3.98. The van der Waals surface area contributed by atoms with E-state index in [0.29, 0.717) is 12.4 Å². The van der Waals surface area contributed by atoms with Crippen LogP contribution >= 0.6 is 11.8 Å².